The molecule has 1 aliphatic rings. The summed E-state index contributed by atoms with van der Waals surface area (Å²) in [5, 5.41) is 14.0. The van der Waals surface area contributed by atoms with Crippen molar-refractivity contribution >= 4 is 21.9 Å². The van der Waals surface area contributed by atoms with Gasteiger partial charge in [0.2, 0.25) is 10.0 Å². The molecule has 0 unspecified atom stereocenters. The first-order valence-electron chi connectivity index (χ1n) is 5.97. The zero-order chi connectivity index (χ0) is 14.9. The fraction of sp³-hybridized carbons (Fsp3) is 0.333. The Morgan fingerprint density at radius 3 is 2.35 bits per heavy atom. The van der Waals surface area contributed by atoms with Crippen molar-refractivity contribution in [2.75, 3.05) is 6.54 Å². The number of carboxylic acids is 1. The number of carbonyl (C=O) groups is 2. The molecule has 1 atom stereocenters. The minimum Gasteiger partial charge on any atom is -0.480 e. The monoisotopic (exact) mass is 298 g/mol. The third-order valence-electron chi connectivity index (χ3n) is 3.23. The van der Waals surface area contributed by atoms with Crippen molar-refractivity contribution in [3.8, 4) is 0 Å². The van der Waals surface area contributed by atoms with Gasteiger partial charge < -0.3 is 10.0 Å². The van der Waals surface area contributed by atoms with Crippen molar-refractivity contribution < 1.29 is 23.1 Å². The van der Waals surface area contributed by atoms with Gasteiger partial charge in [0.15, 0.2) is 0 Å². The summed E-state index contributed by atoms with van der Waals surface area (Å²) in [5.74, 6) is -1.45. The van der Waals surface area contributed by atoms with Crippen LogP contribution in [0.3, 0.4) is 0 Å². The second-order valence-electron chi connectivity index (χ2n) is 4.56. The highest BCUT2D eigenvalue weighted by Crippen LogP contribution is 2.21. The SMILES string of the molecule is NS(=O)(=O)c1ccc(C(=O)N2CCC[C@H]2C(=O)O)cc1. The Hall–Kier alpha value is -1.93. The van der Waals surface area contributed by atoms with Gasteiger partial charge >= 0.3 is 5.97 Å². The van der Waals surface area contributed by atoms with Gasteiger partial charge in [-0.25, -0.2) is 18.4 Å². The van der Waals surface area contributed by atoms with Crippen LogP contribution in [-0.4, -0.2) is 42.9 Å². The van der Waals surface area contributed by atoms with Gasteiger partial charge in [-0.15, -0.1) is 0 Å². The van der Waals surface area contributed by atoms with Gasteiger partial charge in [0, 0.05) is 12.1 Å². The van der Waals surface area contributed by atoms with E-state index >= 15 is 0 Å². The summed E-state index contributed by atoms with van der Waals surface area (Å²) in [6, 6.07) is 4.31. The van der Waals surface area contributed by atoms with Gasteiger partial charge in [-0.05, 0) is 37.1 Å². The molecule has 0 saturated carbocycles. The second-order valence-corrected chi connectivity index (χ2v) is 6.13. The quantitative estimate of drug-likeness (QED) is 0.815. The predicted octanol–water partition coefficient (Wildman–Crippen LogP) is 0.0232. The van der Waals surface area contributed by atoms with Gasteiger partial charge in [0.25, 0.3) is 5.91 Å². The summed E-state index contributed by atoms with van der Waals surface area (Å²) in [6.07, 6.45) is 1.06. The van der Waals surface area contributed by atoms with Crippen LogP contribution < -0.4 is 5.14 Å². The topological polar surface area (TPSA) is 118 Å². The summed E-state index contributed by atoms with van der Waals surface area (Å²) in [6.45, 7) is 0.382. The van der Waals surface area contributed by atoms with Gasteiger partial charge in [-0.1, -0.05) is 0 Å². The molecule has 8 heteroatoms. The number of hydrogen-bond acceptors (Lipinski definition) is 4. The lowest BCUT2D eigenvalue weighted by Gasteiger charge is -2.21. The maximum Gasteiger partial charge on any atom is 0.326 e. The molecular formula is C12H14N2O5S. The molecule has 0 radical (unpaired) electrons. The largest absolute Gasteiger partial charge is 0.480 e. The average Bonchev–Trinajstić information content (AvgIpc) is 2.86. The zero-order valence-electron chi connectivity index (χ0n) is 10.5. The molecule has 0 spiro atoms. The molecule has 1 aromatic rings. The smallest absolute Gasteiger partial charge is 0.326 e. The minimum atomic E-state index is -3.81. The van der Waals surface area contributed by atoms with Gasteiger partial charge in [-0.2, -0.15) is 0 Å². The maximum absolute atomic E-state index is 12.2. The molecule has 1 aliphatic heterocycles. The summed E-state index contributed by atoms with van der Waals surface area (Å²) >= 11 is 0. The fourth-order valence-electron chi connectivity index (χ4n) is 2.22. The molecule has 20 heavy (non-hydrogen) atoms. The van der Waals surface area contributed by atoms with Gasteiger partial charge in [0.05, 0.1) is 4.90 Å². The van der Waals surface area contributed by atoms with E-state index in [1.54, 1.807) is 0 Å². The van der Waals surface area contributed by atoms with E-state index in [0.717, 1.165) is 0 Å². The number of amides is 1. The number of hydrogen-bond donors (Lipinski definition) is 2. The molecular weight excluding hydrogens is 284 g/mol. The normalized spacial score (nSPS) is 19.1. The Morgan fingerprint density at radius 1 is 1.25 bits per heavy atom. The molecule has 1 heterocycles. The van der Waals surface area contributed by atoms with Crippen molar-refractivity contribution in [2.45, 2.75) is 23.8 Å². The number of likely N-dealkylation sites (tertiary alicyclic amines) is 1. The molecule has 108 valence electrons. The average molecular weight is 298 g/mol. The minimum absolute atomic E-state index is 0.0924. The van der Waals surface area contributed by atoms with Crippen LogP contribution in [0, 0.1) is 0 Å². The first-order valence-corrected chi connectivity index (χ1v) is 7.52. The van der Waals surface area contributed by atoms with Crippen molar-refractivity contribution in [2.24, 2.45) is 5.14 Å². The third-order valence-corrected chi connectivity index (χ3v) is 4.16. The Bertz CT molecular complexity index is 638. The summed E-state index contributed by atoms with van der Waals surface area (Å²) in [4.78, 5) is 24.4. The van der Waals surface area contributed by atoms with Gasteiger partial charge in [-0.3, -0.25) is 4.79 Å². The van der Waals surface area contributed by atoms with Crippen LogP contribution in [0.15, 0.2) is 29.2 Å². The molecule has 7 nitrogen and oxygen atoms in total. The highest BCUT2D eigenvalue weighted by atomic mass is 32.2. The van der Waals surface area contributed by atoms with E-state index in [9.17, 15) is 18.0 Å². The van der Waals surface area contributed by atoms with Gasteiger partial charge in [0.1, 0.15) is 6.04 Å². The number of rotatable bonds is 3. The van der Waals surface area contributed by atoms with Crippen molar-refractivity contribution in [1.29, 1.82) is 0 Å². The standard InChI is InChI=1S/C12H14N2O5S/c13-20(18,19)9-5-3-8(4-6-9)11(15)14-7-1-2-10(14)12(16)17/h3-6,10H,1-2,7H2,(H,16,17)(H2,13,18,19)/t10-/m0/s1. The van der Waals surface area contributed by atoms with Crippen LogP contribution in [0.2, 0.25) is 0 Å². The molecule has 1 aromatic carbocycles. The number of nitrogens with zero attached hydrogens (tertiary/aromatic N) is 1. The van der Waals surface area contributed by atoms with Crippen LogP contribution in [-0.2, 0) is 14.8 Å². The molecule has 1 amide bonds. The Kier molecular flexibility index (Phi) is 3.78. The number of benzene rings is 1. The van der Waals surface area contributed by atoms with Crippen LogP contribution in [0.5, 0.6) is 0 Å². The van der Waals surface area contributed by atoms with E-state index in [0.29, 0.717) is 19.4 Å². The highest BCUT2D eigenvalue weighted by Gasteiger charge is 2.34. The van der Waals surface area contributed by atoms with Crippen LogP contribution in [0.1, 0.15) is 23.2 Å². The first kappa shape index (κ1) is 14.5. The number of aliphatic carboxylic acids is 1. The fourth-order valence-corrected chi connectivity index (χ4v) is 2.73. The highest BCUT2D eigenvalue weighted by molar-refractivity contribution is 7.89. The lowest BCUT2D eigenvalue weighted by molar-refractivity contribution is -0.141. The molecule has 1 fully saturated rings. The maximum atomic E-state index is 12.2. The van der Waals surface area contributed by atoms with Crippen molar-refractivity contribution in [1.82, 2.24) is 4.90 Å². The Morgan fingerprint density at radius 2 is 1.85 bits per heavy atom. The van der Waals surface area contributed by atoms with E-state index in [1.165, 1.54) is 29.2 Å². The number of nitrogens with two attached hydrogens (primary N) is 1. The molecule has 2 rings (SSSR count). The molecule has 0 bridgehead atoms. The number of carboxylic acid groups (broad SMARTS) is 1. The lowest BCUT2D eigenvalue weighted by atomic mass is 10.1. The molecule has 3 N–H and O–H groups in total. The van der Waals surface area contributed by atoms with Crippen LogP contribution >= 0.6 is 0 Å². The van der Waals surface area contributed by atoms with Crippen molar-refractivity contribution in [3.05, 3.63) is 29.8 Å². The summed E-state index contributed by atoms with van der Waals surface area (Å²) in [7, 11) is -3.81. The predicted molar refractivity (Wildman–Crippen MR) is 69.5 cm³/mol. The van der Waals surface area contributed by atoms with Crippen LogP contribution in [0.25, 0.3) is 0 Å². The van der Waals surface area contributed by atoms with E-state index in [1.807, 2.05) is 0 Å². The molecule has 0 aromatic heterocycles. The Balaban J connectivity index is 2.24. The third kappa shape index (κ3) is 2.81. The second kappa shape index (κ2) is 5.22. The molecule has 1 saturated heterocycles. The number of primary sulfonamides is 1. The van der Waals surface area contributed by atoms with E-state index < -0.39 is 27.9 Å². The van der Waals surface area contributed by atoms with E-state index in [-0.39, 0.29) is 10.5 Å². The lowest BCUT2D eigenvalue weighted by Crippen LogP contribution is -2.40. The first-order chi connectivity index (χ1) is 9.30. The number of carbonyl (C=O) groups excluding carboxylic acids is 1. The van der Waals surface area contributed by atoms with Crippen molar-refractivity contribution in [3.63, 3.8) is 0 Å². The summed E-state index contributed by atoms with van der Waals surface area (Å²) < 4.78 is 22.2. The summed E-state index contributed by atoms with van der Waals surface area (Å²) in [5.41, 5.74) is 0.241. The Labute approximate surface area is 116 Å². The van der Waals surface area contributed by atoms with Crippen LogP contribution in [0.4, 0.5) is 0 Å². The zero-order valence-corrected chi connectivity index (χ0v) is 11.3. The van der Waals surface area contributed by atoms with E-state index in [4.69, 9.17) is 10.2 Å². The number of sulfonamides is 1. The molecule has 0 aliphatic carbocycles. The van der Waals surface area contributed by atoms with E-state index in [2.05, 4.69) is 0 Å².